The molecule has 1 atom stereocenters. The minimum Gasteiger partial charge on any atom is -0.478 e. The second-order valence-electron chi connectivity index (χ2n) is 5.32. The Hall–Kier alpha value is -2.46. The van der Waals surface area contributed by atoms with Crippen molar-refractivity contribution in [2.75, 3.05) is 0 Å². The molecule has 4 heteroatoms. The molecular formula is C18H18O4. The Morgan fingerprint density at radius 1 is 0.955 bits per heavy atom. The number of hydrogen-bond donors (Lipinski definition) is 2. The number of aliphatic hydroxyl groups excluding tert-OH is 1. The van der Waals surface area contributed by atoms with Gasteiger partial charge in [0.1, 0.15) is 0 Å². The summed E-state index contributed by atoms with van der Waals surface area (Å²) in [7, 11) is 0. The van der Waals surface area contributed by atoms with E-state index in [0.717, 1.165) is 11.1 Å². The standard InChI is InChI=1S/C18H18O4/c1-12(19)10-13-6-8-14(9-7-13)11-17(20)15-4-2-3-5-16(15)18(21)22/h2-9,12,19H,10-11H2,1H3,(H,21,22). The van der Waals surface area contributed by atoms with E-state index in [9.17, 15) is 14.7 Å². The third kappa shape index (κ3) is 4.02. The third-order valence-electron chi connectivity index (χ3n) is 3.38. The summed E-state index contributed by atoms with van der Waals surface area (Å²) < 4.78 is 0. The highest BCUT2D eigenvalue weighted by molar-refractivity contribution is 6.06. The second kappa shape index (κ2) is 7.00. The van der Waals surface area contributed by atoms with Crippen LogP contribution in [0, 0.1) is 0 Å². The fourth-order valence-corrected chi connectivity index (χ4v) is 2.33. The van der Waals surface area contributed by atoms with Gasteiger partial charge in [-0.3, -0.25) is 4.79 Å². The Balaban J connectivity index is 2.14. The van der Waals surface area contributed by atoms with Gasteiger partial charge in [-0.15, -0.1) is 0 Å². The minimum atomic E-state index is -1.10. The average Bonchev–Trinajstić information content (AvgIpc) is 2.48. The Bertz CT molecular complexity index is 672. The molecule has 22 heavy (non-hydrogen) atoms. The molecule has 0 radical (unpaired) electrons. The molecule has 2 rings (SSSR count). The van der Waals surface area contributed by atoms with E-state index in [2.05, 4.69) is 0 Å². The molecule has 0 aromatic heterocycles. The van der Waals surface area contributed by atoms with Gasteiger partial charge in [0.15, 0.2) is 5.78 Å². The number of carboxylic acids is 1. The molecule has 0 saturated heterocycles. The highest BCUT2D eigenvalue weighted by Gasteiger charge is 2.16. The van der Waals surface area contributed by atoms with Crippen molar-refractivity contribution in [3.8, 4) is 0 Å². The van der Waals surface area contributed by atoms with E-state index >= 15 is 0 Å². The lowest BCUT2D eigenvalue weighted by atomic mass is 9.97. The van der Waals surface area contributed by atoms with Crippen LogP contribution >= 0.6 is 0 Å². The van der Waals surface area contributed by atoms with Crippen LogP contribution in [0.3, 0.4) is 0 Å². The second-order valence-corrected chi connectivity index (χ2v) is 5.32. The molecule has 0 spiro atoms. The van der Waals surface area contributed by atoms with Crippen molar-refractivity contribution in [2.24, 2.45) is 0 Å². The third-order valence-corrected chi connectivity index (χ3v) is 3.38. The molecule has 0 fully saturated rings. The average molecular weight is 298 g/mol. The van der Waals surface area contributed by atoms with Crippen molar-refractivity contribution < 1.29 is 19.8 Å². The van der Waals surface area contributed by atoms with Gasteiger partial charge in [-0.25, -0.2) is 4.79 Å². The number of carbonyl (C=O) groups excluding carboxylic acids is 1. The van der Waals surface area contributed by atoms with E-state index in [4.69, 9.17) is 5.11 Å². The number of hydrogen-bond acceptors (Lipinski definition) is 3. The first-order valence-corrected chi connectivity index (χ1v) is 7.09. The van der Waals surface area contributed by atoms with Crippen molar-refractivity contribution in [1.29, 1.82) is 0 Å². The fraction of sp³-hybridized carbons (Fsp3) is 0.222. The maximum Gasteiger partial charge on any atom is 0.336 e. The summed E-state index contributed by atoms with van der Waals surface area (Å²) in [5, 5.41) is 18.5. The molecule has 2 N–H and O–H groups in total. The summed E-state index contributed by atoms with van der Waals surface area (Å²) in [5.41, 5.74) is 2.07. The molecule has 4 nitrogen and oxygen atoms in total. The molecule has 0 saturated carbocycles. The number of rotatable bonds is 6. The van der Waals surface area contributed by atoms with Crippen LogP contribution in [0.5, 0.6) is 0 Å². The quantitative estimate of drug-likeness (QED) is 0.804. The molecular weight excluding hydrogens is 280 g/mol. The number of Topliss-reactive ketones (excluding diaryl/α,β-unsaturated/α-hetero) is 1. The molecule has 1 unspecified atom stereocenters. The lowest BCUT2D eigenvalue weighted by molar-refractivity contribution is 0.0692. The SMILES string of the molecule is CC(O)Cc1ccc(CC(=O)c2ccccc2C(=O)O)cc1. The van der Waals surface area contributed by atoms with Crippen LogP contribution in [0.4, 0.5) is 0 Å². The summed E-state index contributed by atoms with van der Waals surface area (Å²) in [4.78, 5) is 23.4. The monoisotopic (exact) mass is 298 g/mol. The Labute approximate surface area is 129 Å². The predicted octanol–water partition coefficient (Wildman–Crippen LogP) is 2.73. The molecule has 0 amide bonds. The van der Waals surface area contributed by atoms with E-state index in [0.29, 0.717) is 6.42 Å². The van der Waals surface area contributed by atoms with Crippen molar-refractivity contribution in [2.45, 2.75) is 25.9 Å². The van der Waals surface area contributed by atoms with Gasteiger partial charge in [-0.1, -0.05) is 42.5 Å². The molecule has 0 aliphatic heterocycles. The van der Waals surface area contributed by atoms with Gasteiger partial charge in [0.05, 0.1) is 11.7 Å². The van der Waals surface area contributed by atoms with Gasteiger partial charge < -0.3 is 10.2 Å². The van der Waals surface area contributed by atoms with Gasteiger partial charge in [-0.05, 0) is 30.5 Å². The van der Waals surface area contributed by atoms with Gasteiger partial charge >= 0.3 is 5.97 Å². The van der Waals surface area contributed by atoms with Crippen LogP contribution in [0.2, 0.25) is 0 Å². The molecule has 2 aromatic rings. The van der Waals surface area contributed by atoms with Crippen LogP contribution in [0.25, 0.3) is 0 Å². The number of aromatic carboxylic acids is 1. The maximum atomic E-state index is 12.3. The zero-order chi connectivity index (χ0) is 16.1. The van der Waals surface area contributed by atoms with Crippen LogP contribution < -0.4 is 0 Å². The highest BCUT2D eigenvalue weighted by atomic mass is 16.4. The summed E-state index contributed by atoms with van der Waals surface area (Å²) in [5.74, 6) is -1.32. The van der Waals surface area contributed by atoms with Crippen molar-refractivity contribution in [1.82, 2.24) is 0 Å². The normalized spacial score (nSPS) is 11.9. The van der Waals surface area contributed by atoms with Crippen molar-refractivity contribution in [3.05, 3.63) is 70.8 Å². The molecule has 2 aromatic carbocycles. The summed E-state index contributed by atoms with van der Waals surface area (Å²) in [6, 6.07) is 13.6. The molecule has 0 bridgehead atoms. The van der Waals surface area contributed by atoms with E-state index in [1.54, 1.807) is 19.1 Å². The van der Waals surface area contributed by atoms with Crippen LogP contribution in [0.1, 0.15) is 38.8 Å². The minimum absolute atomic E-state index is 0.0261. The van der Waals surface area contributed by atoms with Gasteiger partial charge in [0, 0.05) is 12.0 Å². The number of carboxylic acid groups (broad SMARTS) is 1. The smallest absolute Gasteiger partial charge is 0.336 e. The summed E-state index contributed by atoms with van der Waals surface area (Å²) in [6.45, 7) is 1.72. The fourth-order valence-electron chi connectivity index (χ4n) is 2.33. The molecule has 0 heterocycles. The number of ketones is 1. The highest BCUT2D eigenvalue weighted by Crippen LogP contribution is 2.14. The van der Waals surface area contributed by atoms with Crippen molar-refractivity contribution >= 4 is 11.8 Å². The number of carbonyl (C=O) groups is 2. The largest absolute Gasteiger partial charge is 0.478 e. The molecule has 114 valence electrons. The van der Waals surface area contributed by atoms with E-state index in [1.165, 1.54) is 12.1 Å². The first kappa shape index (κ1) is 15.9. The number of aliphatic hydroxyl groups is 1. The summed E-state index contributed by atoms with van der Waals surface area (Å²) in [6.07, 6.45) is 0.310. The zero-order valence-corrected chi connectivity index (χ0v) is 12.3. The first-order valence-electron chi connectivity index (χ1n) is 7.09. The van der Waals surface area contributed by atoms with Crippen molar-refractivity contribution in [3.63, 3.8) is 0 Å². The Kier molecular flexibility index (Phi) is 5.07. The van der Waals surface area contributed by atoms with Gasteiger partial charge in [0.2, 0.25) is 0 Å². The Morgan fingerprint density at radius 3 is 2.05 bits per heavy atom. The molecule has 0 aliphatic carbocycles. The number of benzene rings is 2. The molecule has 0 aliphatic rings. The van der Waals surface area contributed by atoms with E-state index in [1.807, 2.05) is 24.3 Å². The first-order chi connectivity index (χ1) is 10.5. The maximum absolute atomic E-state index is 12.3. The lowest BCUT2D eigenvalue weighted by Crippen LogP contribution is -2.10. The lowest BCUT2D eigenvalue weighted by Gasteiger charge is -2.07. The van der Waals surface area contributed by atoms with Crippen LogP contribution in [-0.2, 0) is 12.8 Å². The van der Waals surface area contributed by atoms with Gasteiger partial charge in [0.25, 0.3) is 0 Å². The van der Waals surface area contributed by atoms with Crippen LogP contribution in [0.15, 0.2) is 48.5 Å². The van der Waals surface area contributed by atoms with Crippen LogP contribution in [-0.4, -0.2) is 28.1 Å². The summed E-state index contributed by atoms with van der Waals surface area (Å²) >= 11 is 0. The van der Waals surface area contributed by atoms with Gasteiger partial charge in [-0.2, -0.15) is 0 Å². The zero-order valence-electron chi connectivity index (χ0n) is 12.3. The Morgan fingerprint density at radius 2 is 1.50 bits per heavy atom. The van der Waals surface area contributed by atoms with E-state index in [-0.39, 0.29) is 23.3 Å². The predicted molar refractivity (Wildman–Crippen MR) is 83.3 cm³/mol. The topological polar surface area (TPSA) is 74.6 Å². The van der Waals surface area contributed by atoms with E-state index < -0.39 is 12.1 Å².